The van der Waals surface area contributed by atoms with Crippen LogP contribution in [0.4, 0.5) is 0 Å². The summed E-state index contributed by atoms with van der Waals surface area (Å²) in [5.41, 5.74) is 1.40. The molecule has 0 saturated carbocycles. The van der Waals surface area contributed by atoms with E-state index in [1.807, 2.05) is 6.08 Å². The van der Waals surface area contributed by atoms with Crippen LogP contribution in [0.25, 0.3) is 0 Å². The van der Waals surface area contributed by atoms with E-state index >= 15 is 0 Å². The summed E-state index contributed by atoms with van der Waals surface area (Å²) < 4.78 is 0. The quantitative estimate of drug-likeness (QED) is 0.623. The molecule has 0 radical (unpaired) electrons. The topological polar surface area (TPSA) is 24.8 Å². The average molecular weight is 194 g/mol. The number of rotatable bonds is 2. The number of likely N-dealkylation sites (tertiary alicyclic amines) is 1. The fourth-order valence-electron chi connectivity index (χ4n) is 2.50. The molecule has 0 unspecified atom stereocenters. The molecule has 0 spiro atoms. The molecule has 0 aromatic rings. The van der Waals surface area contributed by atoms with Gasteiger partial charge in [-0.1, -0.05) is 25.1 Å². The Morgan fingerprint density at radius 2 is 2.50 bits per heavy atom. The first kappa shape index (κ1) is 9.71. The van der Waals surface area contributed by atoms with E-state index in [1.54, 1.807) is 0 Å². The van der Waals surface area contributed by atoms with Crippen molar-refractivity contribution in [2.45, 2.75) is 13.8 Å². The van der Waals surface area contributed by atoms with Crippen LogP contribution in [0.3, 0.4) is 0 Å². The predicted octanol–water partition coefficient (Wildman–Crippen LogP) is 1.52. The number of hydrogen-bond acceptors (Lipinski definition) is 3. The third-order valence-electron chi connectivity index (χ3n) is 3.00. The van der Waals surface area contributed by atoms with Crippen molar-refractivity contribution in [3.8, 4) is 0 Å². The summed E-state index contributed by atoms with van der Waals surface area (Å²) >= 11 is 0. The molecule has 0 aromatic heterocycles. The third-order valence-corrected chi connectivity index (χ3v) is 3.00. The van der Waals surface area contributed by atoms with Crippen LogP contribution in [0.1, 0.15) is 13.8 Å². The highest BCUT2D eigenvalue weighted by molar-refractivity contribution is 5.93. The molecule has 3 nitrogen and oxygen atoms in total. The highest BCUT2D eigenvalue weighted by Gasteiger charge is 2.41. The maximum absolute atomic E-state index is 5.19. The van der Waals surface area contributed by atoms with Crippen molar-refractivity contribution in [1.82, 2.24) is 4.90 Å². The number of piperidine rings is 1. The zero-order valence-corrected chi connectivity index (χ0v) is 8.99. The van der Waals surface area contributed by atoms with Gasteiger partial charge in [-0.15, -0.1) is 6.58 Å². The first-order valence-electron chi connectivity index (χ1n) is 5.17. The summed E-state index contributed by atoms with van der Waals surface area (Å²) in [4.78, 5) is 7.61. The minimum atomic E-state index is 0.155. The summed E-state index contributed by atoms with van der Waals surface area (Å²) in [6.07, 6.45) is 1.97. The second-order valence-corrected chi connectivity index (χ2v) is 4.84. The molecule has 1 saturated heterocycles. The lowest BCUT2D eigenvalue weighted by molar-refractivity contribution is 0.132. The van der Waals surface area contributed by atoms with Gasteiger partial charge in [-0.3, -0.25) is 4.90 Å². The molecule has 1 fully saturated rings. The summed E-state index contributed by atoms with van der Waals surface area (Å²) in [5.74, 6) is 0.499. The van der Waals surface area contributed by atoms with Crippen molar-refractivity contribution < 1.29 is 4.84 Å². The van der Waals surface area contributed by atoms with Crippen molar-refractivity contribution >= 4 is 5.71 Å². The van der Waals surface area contributed by atoms with E-state index in [4.69, 9.17) is 4.84 Å². The Balaban J connectivity index is 2.14. The highest BCUT2D eigenvalue weighted by Crippen LogP contribution is 2.32. The smallest absolute Gasteiger partial charge is 0.126 e. The van der Waals surface area contributed by atoms with Gasteiger partial charge in [0.1, 0.15) is 6.61 Å². The van der Waals surface area contributed by atoms with Gasteiger partial charge in [0.15, 0.2) is 0 Å². The van der Waals surface area contributed by atoms with Crippen molar-refractivity contribution in [2.24, 2.45) is 16.5 Å². The van der Waals surface area contributed by atoms with E-state index < -0.39 is 0 Å². The number of nitrogens with zero attached hydrogens (tertiary/aromatic N) is 2. The second-order valence-electron chi connectivity index (χ2n) is 4.84. The van der Waals surface area contributed by atoms with Crippen LogP contribution in [-0.4, -0.2) is 36.9 Å². The van der Waals surface area contributed by atoms with Gasteiger partial charge in [0.05, 0.1) is 11.6 Å². The van der Waals surface area contributed by atoms with Crippen LogP contribution < -0.4 is 0 Å². The summed E-state index contributed by atoms with van der Waals surface area (Å²) in [5, 5.41) is 4.17. The highest BCUT2D eigenvalue weighted by atomic mass is 16.6. The standard InChI is InChI=1S/C11H18N2O/c1-4-5-13-6-9-7-14-12-10(9)11(2,3)8-13/h4,9H,1,5-8H2,2-3H3/t9-/m0/s1. The fraction of sp³-hybridized carbons (Fsp3) is 0.727. The summed E-state index contributed by atoms with van der Waals surface area (Å²) in [6.45, 7) is 12.1. The Bertz CT molecular complexity index is 270. The van der Waals surface area contributed by atoms with Gasteiger partial charge in [-0.25, -0.2) is 0 Å². The molecule has 2 aliphatic rings. The lowest BCUT2D eigenvalue weighted by Crippen LogP contribution is -2.50. The van der Waals surface area contributed by atoms with Crippen LogP contribution in [0.5, 0.6) is 0 Å². The van der Waals surface area contributed by atoms with Crippen molar-refractivity contribution in [1.29, 1.82) is 0 Å². The van der Waals surface area contributed by atoms with Gasteiger partial charge in [0, 0.05) is 25.0 Å². The normalized spacial score (nSPS) is 30.4. The second kappa shape index (κ2) is 3.39. The summed E-state index contributed by atoms with van der Waals surface area (Å²) in [7, 11) is 0. The van der Waals surface area contributed by atoms with Crippen LogP contribution in [0.2, 0.25) is 0 Å². The van der Waals surface area contributed by atoms with Gasteiger partial charge >= 0.3 is 0 Å². The minimum absolute atomic E-state index is 0.155. The van der Waals surface area contributed by atoms with E-state index in [2.05, 4.69) is 30.5 Å². The van der Waals surface area contributed by atoms with E-state index in [0.717, 1.165) is 26.2 Å². The van der Waals surface area contributed by atoms with E-state index in [-0.39, 0.29) is 5.41 Å². The number of hydrogen-bond donors (Lipinski definition) is 0. The first-order valence-corrected chi connectivity index (χ1v) is 5.17. The lowest BCUT2D eigenvalue weighted by atomic mass is 9.77. The van der Waals surface area contributed by atoms with E-state index in [1.165, 1.54) is 5.71 Å². The molecular formula is C11H18N2O. The first-order chi connectivity index (χ1) is 6.63. The van der Waals surface area contributed by atoms with Crippen LogP contribution in [0, 0.1) is 11.3 Å². The van der Waals surface area contributed by atoms with Crippen molar-refractivity contribution in [3.63, 3.8) is 0 Å². The van der Waals surface area contributed by atoms with Gasteiger partial charge in [0.2, 0.25) is 0 Å². The van der Waals surface area contributed by atoms with Gasteiger partial charge < -0.3 is 4.84 Å². The minimum Gasteiger partial charge on any atom is -0.395 e. The molecule has 3 heteroatoms. The van der Waals surface area contributed by atoms with Crippen LogP contribution in [0.15, 0.2) is 17.8 Å². The Kier molecular flexibility index (Phi) is 2.35. The van der Waals surface area contributed by atoms with Gasteiger partial charge in [0.25, 0.3) is 0 Å². The Labute approximate surface area is 85.4 Å². The average Bonchev–Trinajstić information content (AvgIpc) is 2.52. The van der Waals surface area contributed by atoms with Crippen LogP contribution in [-0.2, 0) is 4.84 Å². The van der Waals surface area contributed by atoms with Gasteiger partial charge in [-0.2, -0.15) is 0 Å². The Hall–Kier alpha value is -0.830. The Morgan fingerprint density at radius 3 is 3.21 bits per heavy atom. The van der Waals surface area contributed by atoms with Crippen molar-refractivity contribution in [3.05, 3.63) is 12.7 Å². The molecule has 2 aliphatic heterocycles. The zero-order valence-electron chi connectivity index (χ0n) is 8.99. The largest absolute Gasteiger partial charge is 0.395 e. The molecular weight excluding hydrogens is 176 g/mol. The predicted molar refractivity (Wildman–Crippen MR) is 57.3 cm³/mol. The third kappa shape index (κ3) is 1.57. The fourth-order valence-corrected chi connectivity index (χ4v) is 2.50. The van der Waals surface area contributed by atoms with E-state index in [0.29, 0.717) is 5.92 Å². The molecule has 0 bridgehead atoms. The molecule has 78 valence electrons. The molecule has 1 atom stereocenters. The Morgan fingerprint density at radius 1 is 1.71 bits per heavy atom. The molecule has 0 aliphatic carbocycles. The molecule has 0 N–H and O–H groups in total. The molecule has 2 heterocycles. The maximum atomic E-state index is 5.19. The van der Waals surface area contributed by atoms with E-state index in [9.17, 15) is 0 Å². The number of oxime groups is 1. The lowest BCUT2D eigenvalue weighted by Gasteiger charge is -2.40. The molecule has 0 amide bonds. The summed E-state index contributed by atoms with van der Waals surface area (Å²) in [6, 6.07) is 0. The van der Waals surface area contributed by atoms with Crippen molar-refractivity contribution in [2.75, 3.05) is 26.2 Å². The molecule has 14 heavy (non-hydrogen) atoms. The van der Waals surface area contributed by atoms with Crippen LogP contribution >= 0.6 is 0 Å². The maximum Gasteiger partial charge on any atom is 0.126 e. The molecule has 0 aromatic carbocycles. The van der Waals surface area contributed by atoms with Gasteiger partial charge in [-0.05, 0) is 0 Å². The monoisotopic (exact) mass is 194 g/mol. The zero-order chi connectivity index (χ0) is 10.2. The molecule has 2 rings (SSSR count). The SMILES string of the molecule is C=CCN1C[C@H]2CON=C2C(C)(C)C1. The number of fused-ring (bicyclic) bond motifs is 1.